The molecular formula is C26H32N2O3. The van der Waals surface area contributed by atoms with Gasteiger partial charge in [-0.2, -0.15) is 4.99 Å². The second kappa shape index (κ2) is 8.29. The summed E-state index contributed by atoms with van der Waals surface area (Å²) in [6.07, 6.45) is 0.280. The molecule has 0 saturated carbocycles. The molecule has 0 radical (unpaired) electrons. The van der Waals surface area contributed by atoms with E-state index < -0.39 is 6.09 Å². The van der Waals surface area contributed by atoms with Gasteiger partial charge in [0.15, 0.2) is 0 Å². The van der Waals surface area contributed by atoms with Crippen LogP contribution in [0.2, 0.25) is 0 Å². The van der Waals surface area contributed by atoms with Gasteiger partial charge in [0.25, 0.3) is 5.91 Å². The molecule has 1 atom stereocenters. The zero-order valence-electron chi connectivity index (χ0n) is 19.5. The Morgan fingerprint density at radius 3 is 2.16 bits per heavy atom. The van der Waals surface area contributed by atoms with Gasteiger partial charge in [-0.25, -0.2) is 4.79 Å². The van der Waals surface area contributed by atoms with Crippen molar-refractivity contribution in [2.24, 2.45) is 15.8 Å². The van der Waals surface area contributed by atoms with Gasteiger partial charge in [-0.1, -0.05) is 71.9 Å². The number of aliphatic imine (C=N–C) groups is 1. The first-order chi connectivity index (χ1) is 14.4. The van der Waals surface area contributed by atoms with Crippen LogP contribution in [-0.2, 0) is 9.53 Å². The Kier molecular flexibility index (Phi) is 6.08. The van der Waals surface area contributed by atoms with Gasteiger partial charge in [-0.15, -0.1) is 0 Å². The van der Waals surface area contributed by atoms with Gasteiger partial charge >= 0.3 is 6.09 Å². The number of carbonyl (C=O) groups excluding carboxylic acids is 2. The molecule has 2 amide bonds. The predicted octanol–water partition coefficient (Wildman–Crippen LogP) is 6.49. The number of rotatable bonds is 3. The summed E-state index contributed by atoms with van der Waals surface area (Å²) >= 11 is 0. The zero-order chi connectivity index (χ0) is 23.0. The van der Waals surface area contributed by atoms with Gasteiger partial charge < -0.3 is 4.74 Å². The Morgan fingerprint density at radius 2 is 1.61 bits per heavy atom. The fraction of sp³-hybridized carbons (Fsp3) is 0.423. The van der Waals surface area contributed by atoms with Crippen LogP contribution in [0.1, 0.15) is 65.0 Å². The Morgan fingerprint density at radius 1 is 1.00 bits per heavy atom. The molecule has 0 fully saturated rings. The molecule has 5 heteroatoms. The summed E-state index contributed by atoms with van der Waals surface area (Å²) in [5, 5.41) is 0. The summed E-state index contributed by atoms with van der Waals surface area (Å²) in [4.78, 5) is 30.4. The van der Waals surface area contributed by atoms with Crippen molar-refractivity contribution in [2.75, 3.05) is 12.0 Å². The second-order valence-electron chi connectivity index (χ2n) is 10.4. The molecule has 5 nitrogen and oxygen atoms in total. The van der Waals surface area contributed by atoms with E-state index in [1.54, 1.807) is 11.0 Å². The van der Waals surface area contributed by atoms with Gasteiger partial charge in [0.2, 0.25) is 0 Å². The van der Waals surface area contributed by atoms with E-state index in [0.717, 1.165) is 12.1 Å². The van der Waals surface area contributed by atoms with Crippen molar-refractivity contribution in [1.29, 1.82) is 0 Å². The molecule has 164 valence electrons. The molecule has 0 bridgehead atoms. The van der Waals surface area contributed by atoms with Gasteiger partial charge in [-0.05, 0) is 46.9 Å². The smallest absolute Gasteiger partial charge is 0.434 e. The van der Waals surface area contributed by atoms with E-state index in [0.29, 0.717) is 17.2 Å². The Bertz CT molecular complexity index is 1010. The molecule has 2 aromatic carbocycles. The third kappa shape index (κ3) is 4.87. The van der Waals surface area contributed by atoms with Crippen LogP contribution in [-0.4, -0.2) is 24.8 Å². The zero-order valence-corrected chi connectivity index (χ0v) is 19.5. The molecule has 1 unspecified atom stereocenters. The maximum atomic E-state index is 13.2. The highest BCUT2D eigenvalue weighted by molar-refractivity contribution is 6.56. The van der Waals surface area contributed by atoms with E-state index in [1.807, 2.05) is 30.3 Å². The topological polar surface area (TPSA) is 59.0 Å². The van der Waals surface area contributed by atoms with E-state index in [-0.39, 0.29) is 22.4 Å². The van der Waals surface area contributed by atoms with Crippen LogP contribution in [0.25, 0.3) is 0 Å². The van der Waals surface area contributed by atoms with Crippen molar-refractivity contribution in [1.82, 2.24) is 0 Å². The van der Waals surface area contributed by atoms with Crippen LogP contribution in [0.3, 0.4) is 0 Å². The Labute approximate surface area is 185 Å². The number of para-hydroxylation sites is 1. The number of methoxy groups -OCH3 is 1. The Hall–Kier alpha value is -2.95. The maximum Gasteiger partial charge on any atom is 0.434 e. The van der Waals surface area contributed by atoms with Gasteiger partial charge in [0.1, 0.15) is 5.71 Å². The fourth-order valence-electron chi connectivity index (χ4n) is 4.09. The van der Waals surface area contributed by atoms with Crippen molar-refractivity contribution in [3.63, 3.8) is 0 Å². The summed E-state index contributed by atoms with van der Waals surface area (Å²) < 4.78 is 4.63. The molecule has 0 aliphatic carbocycles. The number of hydrogen-bond acceptors (Lipinski definition) is 3. The predicted molar refractivity (Wildman–Crippen MR) is 125 cm³/mol. The van der Waals surface area contributed by atoms with Crippen LogP contribution in [0, 0.1) is 10.8 Å². The third-order valence-corrected chi connectivity index (χ3v) is 5.60. The molecule has 0 aromatic heterocycles. The molecule has 31 heavy (non-hydrogen) atoms. The maximum absolute atomic E-state index is 13.2. The minimum Gasteiger partial charge on any atom is -0.451 e. The van der Waals surface area contributed by atoms with Crippen molar-refractivity contribution in [2.45, 2.75) is 53.9 Å². The number of anilines is 2. The lowest BCUT2D eigenvalue weighted by atomic mass is 9.69. The van der Waals surface area contributed by atoms with Crippen molar-refractivity contribution < 1.29 is 14.3 Å². The molecule has 0 saturated heterocycles. The quantitative estimate of drug-likeness (QED) is 0.570. The minimum atomic E-state index is -0.787. The average Bonchev–Trinajstić information content (AvgIpc) is 2.96. The highest BCUT2D eigenvalue weighted by atomic mass is 16.5. The van der Waals surface area contributed by atoms with Crippen LogP contribution in [0.5, 0.6) is 0 Å². The first-order valence-electron chi connectivity index (χ1n) is 10.6. The molecule has 0 N–H and O–H groups in total. The normalized spacial score (nSPS) is 16.4. The molecule has 1 heterocycles. The molecule has 2 aromatic rings. The highest BCUT2D eigenvalue weighted by Gasteiger charge is 2.36. The number of hydrogen-bond donors (Lipinski definition) is 0. The van der Waals surface area contributed by atoms with Crippen molar-refractivity contribution >= 4 is 29.1 Å². The van der Waals surface area contributed by atoms with Gasteiger partial charge in [0.05, 0.1) is 12.8 Å². The summed E-state index contributed by atoms with van der Waals surface area (Å²) in [6, 6.07) is 15.5. The number of nitrogens with zero attached hydrogens (tertiary/aromatic N) is 2. The SMILES string of the molecule is COC(=O)/N=C1/C(=O)N(c2ccc(C(CC(C)(C)C)C(C)(C)C)cc2)c2ccccc21. The van der Waals surface area contributed by atoms with Crippen LogP contribution >= 0.6 is 0 Å². The number of carbonyl (C=O) groups is 2. The monoisotopic (exact) mass is 420 g/mol. The van der Waals surface area contributed by atoms with Crippen molar-refractivity contribution in [3.8, 4) is 0 Å². The Balaban J connectivity index is 2.00. The van der Waals surface area contributed by atoms with E-state index in [2.05, 4.69) is 63.4 Å². The standard InChI is InChI=1S/C26H32N2O3/c1-25(2,3)16-20(26(4,5)6)17-12-14-18(15-13-17)28-21-11-9-8-10-19(21)22(23(28)29)27-24(30)31-7/h8-15,20H,16H2,1-7H3/b27-22+. The summed E-state index contributed by atoms with van der Waals surface area (Å²) in [5.41, 5.74) is 3.78. The molecule has 1 aliphatic rings. The second-order valence-corrected chi connectivity index (χ2v) is 10.4. The van der Waals surface area contributed by atoms with Crippen molar-refractivity contribution in [3.05, 3.63) is 59.7 Å². The lowest BCUT2D eigenvalue weighted by Gasteiger charge is -2.36. The van der Waals surface area contributed by atoms with Gasteiger partial charge in [0, 0.05) is 11.3 Å². The third-order valence-electron chi connectivity index (χ3n) is 5.60. The van der Waals surface area contributed by atoms with Crippen LogP contribution < -0.4 is 4.90 Å². The average molecular weight is 421 g/mol. The van der Waals surface area contributed by atoms with E-state index in [4.69, 9.17) is 0 Å². The number of fused-ring (bicyclic) bond motifs is 1. The van der Waals surface area contributed by atoms with Gasteiger partial charge in [-0.3, -0.25) is 9.69 Å². The van der Waals surface area contributed by atoms with Crippen LogP contribution in [0.4, 0.5) is 16.2 Å². The molecular weight excluding hydrogens is 388 g/mol. The molecule has 0 spiro atoms. The minimum absolute atomic E-state index is 0.104. The molecule has 1 aliphatic heterocycles. The summed E-state index contributed by atoms with van der Waals surface area (Å²) in [6.45, 7) is 13.6. The summed E-state index contributed by atoms with van der Waals surface area (Å²) in [7, 11) is 1.25. The first-order valence-corrected chi connectivity index (χ1v) is 10.6. The van der Waals surface area contributed by atoms with E-state index >= 15 is 0 Å². The van der Waals surface area contributed by atoms with E-state index in [1.165, 1.54) is 12.7 Å². The fourth-order valence-corrected chi connectivity index (χ4v) is 4.09. The number of benzene rings is 2. The lowest BCUT2D eigenvalue weighted by molar-refractivity contribution is -0.111. The summed E-state index contributed by atoms with van der Waals surface area (Å²) in [5.74, 6) is 0.0565. The van der Waals surface area contributed by atoms with E-state index in [9.17, 15) is 9.59 Å². The highest BCUT2D eigenvalue weighted by Crippen LogP contribution is 2.44. The largest absolute Gasteiger partial charge is 0.451 e. The molecule has 3 rings (SSSR count). The first kappa shape index (κ1) is 22.7. The van der Waals surface area contributed by atoms with Crippen LogP contribution in [0.15, 0.2) is 53.5 Å². The number of amides is 2. The number of ether oxygens (including phenoxy) is 1. The lowest BCUT2D eigenvalue weighted by Crippen LogP contribution is -2.26.